The predicted molar refractivity (Wildman–Crippen MR) is 81.0 cm³/mol. The molecule has 2 heterocycles. The summed E-state index contributed by atoms with van der Waals surface area (Å²) in [5.41, 5.74) is 9.77. The number of thiophene rings is 1. The third-order valence-electron chi connectivity index (χ3n) is 3.43. The molecule has 0 fully saturated rings. The lowest BCUT2D eigenvalue weighted by Gasteiger charge is -2.20. The molecule has 0 saturated carbocycles. The maximum Gasteiger partial charge on any atom is 0.142 e. The van der Waals surface area contributed by atoms with E-state index in [-0.39, 0.29) is 0 Å². The maximum atomic E-state index is 9.39. The fraction of sp³-hybridized carbons (Fsp3) is 0.286. The molecule has 2 aromatic heterocycles. The number of nitrogen functional groups attached to an aromatic ring is 1. The van der Waals surface area contributed by atoms with Crippen LogP contribution in [-0.2, 0) is 12.8 Å². The molecular weight excluding hydrogens is 322 g/mol. The zero-order valence-corrected chi connectivity index (χ0v) is 12.6. The van der Waals surface area contributed by atoms with Gasteiger partial charge in [-0.05, 0) is 59.3 Å². The highest BCUT2D eigenvalue weighted by atomic mass is 79.9. The van der Waals surface area contributed by atoms with Gasteiger partial charge in [0.1, 0.15) is 17.5 Å². The second kappa shape index (κ2) is 4.95. The minimum Gasteiger partial charge on any atom is -0.383 e. The van der Waals surface area contributed by atoms with Crippen LogP contribution in [0.25, 0.3) is 10.4 Å². The van der Waals surface area contributed by atoms with Gasteiger partial charge in [-0.15, -0.1) is 11.3 Å². The van der Waals surface area contributed by atoms with Crippen molar-refractivity contribution in [1.82, 2.24) is 4.98 Å². The Hall–Kier alpha value is -1.38. The Labute approximate surface area is 124 Å². The highest BCUT2D eigenvalue weighted by molar-refractivity contribution is 9.11. The smallest absolute Gasteiger partial charge is 0.142 e. The van der Waals surface area contributed by atoms with Gasteiger partial charge in [-0.3, -0.25) is 0 Å². The number of fused-ring (bicyclic) bond motifs is 1. The van der Waals surface area contributed by atoms with Gasteiger partial charge in [0, 0.05) is 16.1 Å². The molecule has 0 amide bonds. The highest BCUT2D eigenvalue weighted by Gasteiger charge is 2.22. The third kappa shape index (κ3) is 2.15. The van der Waals surface area contributed by atoms with Gasteiger partial charge in [-0.2, -0.15) is 5.26 Å². The molecular formula is C14H12BrN3S. The van der Waals surface area contributed by atoms with Crippen molar-refractivity contribution in [1.29, 1.82) is 5.26 Å². The predicted octanol–water partition coefficient (Wildman–Crippen LogP) is 3.91. The van der Waals surface area contributed by atoms with Crippen molar-refractivity contribution < 1.29 is 0 Å². The number of nitrogens with zero attached hydrogens (tertiary/aromatic N) is 2. The number of rotatable bonds is 1. The van der Waals surface area contributed by atoms with Gasteiger partial charge < -0.3 is 5.73 Å². The van der Waals surface area contributed by atoms with E-state index in [0.29, 0.717) is 11.4 Å². The summed E-state index contributed by atoms with van der Waals surface area (Å²) in [4.78, 5) is 5.52. The summed E-state index contributed by atoms with van der Waals surface area (Å²) in [5.74, 6) is 0.364. The molecule has 2 aromatic rings. The van der Waals surface area contributed by atoms with Crippen LogP contribution in [0.3, 0.4) is 0 Å². The number of nitrogens with two attached hydrogens (primary N) is 1. The minimum absolute atomic E-state index is 0.364. The van der Waals surface area contributed by atoms with E-state index in [0.717, 1.165) is 45.6 Å². The van der Waals surface area contributed by atoms with Crippen LogP contribution < -0.4 is 5.73 Å². The molecule has 3 rings (SSSR count). The second-order valence-electron chi connectivity index (χ2n) is 4.59. The standard InChI is InChI=1S/C14H12BrN3S/c15-12-6-5-11(19-12)13-8-3-1-2-4-10(8)18-14(17)9(13)7-16/h5-6H,1-4H2,(H2,17,18). The Kier molecular flexibility index (Phi) is 3.29. The zero-order valence-electron chi connectivity index (χ0n) is 10.2. The van der Waals surface area contributed by atoms with Gasteiger partial charge in [0.05, 0.1) is 3.79 Å². The van der Waals surface area contributed by atoms with Crippen molar-refractivity contribution >= 4 is 33.1 Å². The van der Waals surface area contributed by atoms with Gasteiger partial charge >= 0.3 is 0 Å². The Morgan fingerprint density at radius 2 is 2.11 bits per heavy atom. The van der Waals surface area contributed by atoms with E-state index in [1.54, 1.807) is 11.3 Å². The summed E-state index contributed by atoms with van der Waals surface area (Å²) in [6, 6.07) is 6.27. The summed E-state index contributed by atoms with van der Waals surface area (Å²) in [5, 5.41) is 9.39. The van der Waals surface area contributed by atoms with E-state index in [4.69, 9.17) is 5.73 Å². The van der Waals surface area contributed by atoms with Crippen LogP contribution in [0.5, 0.6) is 0 Å². The van der Waals surface area contributed by atoms with E-state index in [1.165, 1.54) is 5.56 Å². The van der Waals surface area contributed by atoms with Crippen molar-refractivity contribution in [2.24, 2.45) is 0 Å². The lowest BCUT2D eigenvalue weighted by atomic mass is 9.89. The van der Waals surface area contributed by atoms with Crippen molar-refractivity contribution in [3.63, 3.8) is 0 Å². The largest absolute Gasteiger partial charge is 0.383 e. The Morgan fingerprint density at radius 3 is 2.79 bits per heavy atom. The van der Waals surface area contributed by atoms with Gasteiger partial charge in [-0.25, -0.2) is 4.98 Å². The number of aryl methyl sites for hydroxylation is 1. The Bertz CT molecular complexity index is 685. The molecule has 3 nitrogen and oxygen atoms in total. The number of pyridine rings is 1. The number of hydrogen-bond donors (Lipinski definition) is 1. The Morgan fingerprint density at radius 1 is 1.32 bits per heavy atom. The van der Waals surface area contributed by atoms with E-state index >= 15 is 0 Å². The van der Waals surface area contributed by atoms with Crippen LogP contribution in [0.2, 0.25) is 0 Å². The van der Waals surface area contributed by atoms with Crippen LogP contribution in [0.15, 0.2) is 15.9 Å². The molecule has 1 aliphatic rings. The summed E-state index contributed by atoms with van der Waals surface area (Å²) >= 11 is 5.11. The molecule has 0 aromatic carbocycles. The summed E-state index contributed by atoms with van der Waals surface area (Å²) in [6.45, 7) is 0. The van der Waals surface area contributed by atoms with Crippen molar-refractivity contribution in [3.8, 4) is 16.5 Å². The summed E-state index contributed by atoms with van der Waals surface area (Å²) in [6.07, 6.45) is 4.26. The third-order valence-corrected chi connectivity index (χ3v) is 5.07. The summed E-state index contributed by atoms with van der Waals surface area (Å²) in [7, 11) is 0. The molecule has 0 spiro atoms. The molecule has 5 heteroatoms. The van der Waals surface area contributed by atoms with Crippen molar-refractivity contribution in [2.45, 2.75) is 25.7 Å². The van der Waals surface area contributed by atoms with Crippen molar-refractivity contribution in [2.75, 3.05) is 5.73 Å². The van der Waals surface area contributed by atoms with E-state index in [9.17, 15) is 5.26 Å². The normalized spacial score (nSPS) is 13.9. The molecule has 19 heavy (non-hydrogen) atoms. The van der Waals surface area contributed by atoms with Crippen molar-refractivity contribution in [3.05, 3.63) is 32.7 Å². The SMILES string of the molecule is N#Cc1c(N)nc2c(c1-c1ccc(Br)s1)CCCC2. The Balaban J connectivity index is 2.31. The first-order valence-corrected chi connectivity index (χ1v) is 7.78. The monoisotopic (exact) mass is 333 g/mol. The summed E-state index contributed by atoms with van der Waals surface area (Å²) < 4.78 is 1.06. The van der Waals surface area contributed by atoms with Crippen LogP contribution in [0.4, 0.5) is 5.82 Å². The number of hydrogen-bond acceptors (Lipinski definition) is 4. The molecule has 96 valence electrons. The first-order valence-electron chi connectivity index (χ1n) is 6.17. The maximum absolute atomic E-state index is 9.39. The van der Waals surface area contributed by atoms with E-state index < -0.39 is 0 Å². The molecule has 1 aliphatic carbocycles. The first kappa shape index (κ1) is 12.6. The molecule has 0 bridgehead atoms. The molecule has 0 radical (unpaired) electrons. The van der Waals surface area contributed by atoms with E-state index in [2.05, 4.69) is 27.0 Å². The highest BCUT2D eigenvalue weighted by Crippen LogP contribution is 2.40. The molecule has 0 saturated heterocycles. The quantitative estimate of drug-likeness (QED) is 0.860. The lowest BCUT2D eigenvalue weighted by molar-refractivity contribution is 0.670. The molecule has 0 atom stereocenters. The van der Waals surface area contributed by atoms with Crippen LogP contribution in [-0.4, -0.2) is 4.98 Å². The molecule has 2 N–H and O–H groups in total. The average molecular weight is 334 g/mol. The number of anilines is 1. The zero-order chi connectivity index (χ0) is 13.4. The van der Waals surface area contributed by atoms with Crippen LogP contribution in [0.1, 0.15) is 29.7 Å². The topological polar surface area (TPSA) is 62.7 Å². The minimum atomic E-state index is 0.364. The number of halogens is 1. The van der Waals surface area contributed by atoms with Crippen LogP contribution >= 0.6 is 27.3 Å². The number of nitriles is 1. The fourth-order valence-electron chi connectivity index (χ4n) is 2.60. The average Bonchev–Trinajstić information content (AvgIpc) is 2.83. The van der Waals surface area contributed by atoms with Gasteiger partial charge in [0.2, 0.25) is 0 Å². The first-order chi connectivity index (χ1) is 9.20. The number of aromatic nitrogens is 1. The second-order valence-corrected chi connectivity index (χ2v) is 7.06. The fourth-order valence-corrected chi connectivity index (χ4v) is 4.06. The van der Waals surface area contributed by atoms with Crippen LogP contribution in [0, 0.1) is 11.3 Å². The van der Waals surface area contributed by atoms with E-state index in [1.807, 2.05) is 12.1 Å². The van der Waals surface area contributed by atoms with Gasteiger partial charge in [-0.1, -0.05) is 0 Å². The lowest BCUT2D eigenvalue weighted by Crippen LogP contribution is -2.11. The van der Waals surface area contributed by atoms with Gasteiger partial charge in [0.25, 0.3) is 0 Å². The molecule has 0 aliphatic heterocycles. The molecule has 0 unspecified atom stereocenters. The van der Waals surface area contributed by atoms with Gasteiger partial charge in [0.15, 0.2) is 0 Å².